The maximum absolute atomic E-state index is 13.0. The largest absolute Gasteiger partial charge is 0.307 e. The molecule has 1 saturated heterocycles. The molecular weight excluding hydrogens is 434 g/mol. The lowest BCUT2D eigenvalue weighted by atomic mass is 9.73. The summed E-state index contributed by atoms with van der Waals surface area (Å²) >= 11 is 1.31. The topological polar surface area (TPSA) is 62.6 Å². The van der Waals surface area contributed by atoms with E-state index in [9.17, 15) is 14.4 Å². The zero-order valence-corrected chi connectivity index (χ0v) is 20.9. The standard InChI is InChI=1S/C26H37N3O3S/c1-3-14-28(17-11-20-9-10-21-22(18-20)33-25(32)27(21)2)15-7-8-16-29-23(30)19-26(24(29)31)12-5-4-6-13-26/h9-10,18H,3-8,11-17,19H2,1-2H3. The molecule has 2 fully saturated rings. The Labute approximate surface area is 200 Å². The van der Waals surface area contributed by atoms with Crippen molar-refractivity contribution in [2.45, 2.75) is 71.1 Å². The Balaban J connectivity index is 1.25. The van der Waals surface area contributed by atoms with Gasteiger partial charge in [-0.25, -0.2) is 0 Å². The lowest BCUT2D eigenvalue weighted by Crippen LogP contribution is -2.37. The molecule has 1 spiro atoms. The molecule has 1 aliphatic carbocycles. The number of imide groups is 1. The minimum atomic E-state index is -0.364. The van der Waals surface area contributed by atoms with Crippen LogP contribution < -0.4 is 4.87 Å². The van der Waals surface area contributed by atoms with Gasteiger partial charge < -0.3 is 9.47 Å². The summed E-state index contributed by atoms with van der Waals surface area (Å²) in [5.74, 6) is 0.155. The summed E-state index contributed by atoms with van der Waals surface area (Å²) < 4.78 is 2.76. The summed E-state index contributed by atoms with van der Waals surface area (Å²) in [7, 11) is 1.82. The van der Waals surface area contributed by atoms with Gasteiger partial charge in [-0.05, 0) is 69.3 Å². The highest BCUT2D eigenvalue weighted by atomic mass is 32.1. The third-order valence-corrected chi connectivity index (χ3v) is 8.51. The lowest BCUT2D eigenvalue weighted by Gasteiger charge is -2.30. The molecule has 180 valence electrons. The van der Waals surface area contributed by atoms with Crippen molar-refractivity contribution in [2.24, 2.45) is 12.5 Å². The number of fused-ring (bicyclic) bond motifs is 1. The number of thiazole rings is 1. The van der Waals surface area contributed by atoms with Crippen LogP contribution in [0.15, 0.2) is 23.0 Å². The van der Waals surface area contributed by atoms with Crippen LogP contribution in [0.25, 0.3) is 10.2 Å². The van der Waals surface area contributed by atoms with Crippen molar-refractivity contribution in [1.29, 1.82) is 0 Å². The first-order chi connectivity index (χ1) is 15.9. The molecule has 0 atom stereocenters. The van der Waals surface area contributed by atoms with Gasteiger partial charge in [-0.3, -0.25) is 19.3 Å². The minimum Gasteiger partial charge on any atom is -0.303 e. The van der Waals surface area contributed by atoms with Crippen molar-refractivity contribution in [3.8, 4) is 0 Å². The molecule has 2 amide bonds. The van der Waals surface area contributed by atoms with Gasteiger partial charge in [-0.15, -0.1) is 0 Å². The second-order valence-electron chi connectivity index (χ2n) is 9.90. The van der Waals surface area contributed by atoms with E-state index in [0.29, 0.717) is 13.0 Å². The normalized spacial score (nSPS) is 18.3. The molecule has 33 heavy (non-hydrogen) atoms. The highest BCUT2D eigenvalue weighted by molar-refractivity contribution is 7.16. The molecular formula is C26H37N3O3S. The van der Waals surface area contributed by atoms with Gasteiger partial charge in [0.1, 0.15) is 0 Å². The van der Waals surface area contributed by atoms with E-state index in [1.807, 2.05) is 7.05 Å². The number of rotatable bonds is 10. The van der Waals surface area contributed by atoms with E-state index in [2.05, 4.69) is 30.0 Å². The molecule has 1 saturated carbocycles. The third kappa shape index (κ3) is 5.24. The average Bonchev–Trinajstić information content (AvgIpc) is 3.21. The van der Waals surface area contributed by atoms with Crippen LogP contribution in [0.5, 0.6) is 0 Å². The van der Waals surface area contributed by atoms with Gasteiger partial charge in [-0.2, -0.15) is 0 Å². The first kappa shape index (κ1) is 24.1. The van der Waals surface area contributed by atoms with Crippen LogP contribution in [0.3, 0.4) is 0 Å². The van der Waals surface area contributed by atoms with E-state index < -0.39 is 0 Å². The van der Waals surface area contributed by atoms with Crippen LogP contribution in [0.2, 0.25) is 0 Å². The zero-order chi connectivity index (χ0) is 23.4. The average molecular weight is 472 g/mol. The van der Waals surface area contributed by atoms with Crippen molar-refractivity contribution in [2.75, 3.05) is 26.2 Å². The number of aromatic nitrogens is 1. The number of carbonyl (C=O) groups is 2. The molecule has 0 N–H and O–H groups in total. The molecule has 7 heteroatoms. The molecule has 1 aliphatic heterocycles. The fourth-order valence-electron chi connectivity index (χ4n) is 5.58. The van der Waals surface area contributed by atoms with Crippen molar-refractivity contribution in [3.63, 3.8) is 0 Å². The molecule has 4 rings (SSSR count). The number of carbonyl (C=O) groups excluding carboxylic acids is 2. The second kappa shape index (κ2) is 10.5. The van der Waals surface area contributed by atoms with E-state index in [-0.39, 0.29) is 22.1 Å². The molecule has 2 aliphatic rings. The zero-order valence-electron chi connectivity index (χ0n) is 20.1. The summed E-state index contributed by atoms with van der Waals surface area (Å²) in [5.41, 5.74) is 1.90. The van der Waals surface area contributed by atoms with Gasteiger partial charge in [0.15, 0.2) is 0 Å². The number of likely N-dealkylation sites (tertiary alicyclic amines) is 1. The van der Waals surface area contributed by atoms with Gasteiger partial charge in [0, 0.05) is 26.6 Å². The van der Waals surface area contributed by atoms with Crippen LogP contribution in [-0.4, -0.2) is 52.4 Å². The van der Waals surface area contributed by atoms with E-state index in [0.717, 1.165) is 81.2 Å². The van der Waals surface area contributed by atoms with Crippen molar-refractivity contribution >= 4 is 33.4 Å². The lowest BCUT2D eigenvalue weighted by molar-refractivity contribution is -0.142. The molecule has 0 radical (unpaired) electrons. The number of benzene rings is 1. The molecule has 2 aromatic rings. The van der Waals surface area contributed by atoms with E-state index in [1.165, 1.54) is 23.3 Å². The number of unbranched alkanes of at least 4 members (excludes halogenated alkanes) is 1. The monoisotopic (exact) mass is 471 g/mol. The van der Waals surface area contributed by atoms with E-state index in [4.69, 9.17) is 0 Å². The van der Waals surface area contributed by atoms with Crippen LogP contribution in [0.4, 0.5) is 0 Å². The molecule has 6 nitrogen and oxygen atoms in total. The Morgan fingerprint density at radius 2 is 1.82 bits per heavy atom. The highest BCUT2D eigenvalue weighted by Gasteiger charge is 2.51. The Morgan fingerprint density at radius 1 is 1.03 bits per heavy atom. The fraction of sp³-hybridized carbons (Fsp3) is 0.654. The summed E-state index contributed by atoms with van der Waals surface area (Å²) in [6, 6.07) is 6.33. The van der Waals surface area contributed by atoms with E-state index >= 15 is 0 Å². The summed E-state index contributed by atoms with van der Waals surface area (Å²) in [5, 5.41) is 0. The number of hydrogen-bond donors (Lipinski definition) is 0. The van der Waals surface area contributed by atoms with Crippen molar-refractivity contribution < 1.29 is 9.59 Å². The first-order valence-electron chi connectivity index (χ1n) is 12.6. The van der Waals surface area contributed by atoms with Gasteiger partial charge >= 0.3 is 4.87 Å². The molecule has 1 aromatic carbocycles. The third-order valence-electron chi connectivity index (χ3n) is 7.52. The molecule has 0 unspecified atom stereocenters. The highest BCUT2D eigenvalue weighted by Crippen LogP contribution is 2.45. The predicted molar refractivity (Wildman–Crippen MR) is 134 cm³/mol. The quantitative estimate of drug-likeness (QED) is 0.382. The minimum absolute atomic E-state index is 0.0471. The number of hydrogen-bond acceptors (Lipinski definition) is 5. The Bertz CT molecular complexity index is 1050. The summed E-state index contributed by atoms with van der Waals surface area (Å²) in [6.45, 7) is 5.78. The smallest absolute Gasteiger partial charge is 0.303 e. The predicted octanol–water partition coefficient (Wildman–Crippen LogP) is 4.34. The Hall–Kier alpha value is -1.99. The Kier molecular flexibility index (Phi) is 7.69. The maximum atomic E-state index is 13.0. The Morgan fingerprint density at radius 3 is 2.58 bits per heavy atom. The van der Waals surface area contributed by atoms with Crippen LogP contribution in [0.1, 0.15) is 70.3 Å². The van der Waals surface area contributed by atoms with Gasteiger partial charge in [0.05, 0.1) is 15.6 Å². The van der Waals surface area contributed by atoms with Crippen molar-refractivity contribution in [3.05, 3.63) is 33.4 Å². The number of amides is 2. The van der Waals surface area contributed by atoms with Gasteiger partial charge in [0.25, 0.3) is 0 Å². The SMILES string of the molecule is CCCN(CCCCN1C(=O)CC2(CCCCC2)C1=O)CCc1ccc2c(c1)sc(=O)n2C. The molecule has 0 bridgehead atoms. The van der Waals surface area contributed by atoms with E-state index in [1.54, 1.807) is 9.47 Å². The number of nitrogens with zero attached hydrogens (tertiary/aromatic N) is 3. The molecule has 1 aromatic heterocycles. The van der Waals surface area contributed by atoms with Crippen molar-refractivity contribution in [1.82, 2.24) is 14.4 Å². The van der Waals surface area contributed by atoms with Gasteiger partial charge in [0.2, 0.25) is 11.8 Å². The van der Waals surface area contributed by atoms with Crippen LogP contribution in [-0.2, 0) is 23.1 Å². The second-order valence-corrected chi connectivity index (χ2v) is 10.9. The summed E-state index contributed by atoms with van der Waals surface area (Å²) in [4.78, 5) is 41.5. The first-order valence-corrected chi connectivity index (χ1v) is 13.4. The van der Waals surface area contributed by atoms with Crippen LogP contribution >= 0.6 is 11.3 Å². The fourth-order valence-corrected chi connectivity index (χ4v) is 6.53. The van der Waals surface area contributed by atoms with Gasteiger partial charge in [-0.1, -0.05) is 43.6 Å². The molecule has 2 heterocycles. The summed E-state index contributed by atoms with van der Waals surface area (Å²) in [6.07, 6.45) is 9.49. The number of aryl methyl sites for hydroxylation is 1. The van der Waals surface area contributed by atoms with Crippen LogP contribution in [0, 0.1) is 5.41 Å². The maximum Gasteiger partial charge on any atom is 0.307 e.